The molecule has 1 aliphatic heterocycles. The number of rotatable bonds is 1. The van der Waals surface area contributed by atoms with Crippen molar-refractivity contribution in [2.75, 3.05) is 13.1 Å². The lowest BCUT2D eigenvalue weighted by atomic mass is 9.75. The van der Waals surface area contributed by atoms with Crippen molar-refractivity contribution in [1.82, 2.24) is 15.1 Å². The highest BCUT2D eigenvalue weighted by Crippen LogP contribution is 2.44. The van der Waals surface area contributed by atoms with Crippen LogP contribution < -0.4 is 5.32 Å². The Kier molecular flexibility index (Phi) is 4.87. The van der Waals surface area contributed by atoms with Crippen LogP contribution in [0.3, 0.4) is 0 Å². The lowest BCUT2D eigenvalue weighted by molar-refractivity contribution is 0.306. The molecule has 3 rings (SSSR count). The normalized spacial score (nSPS) is 20.5. The molecule has 0 radical (unpaired) electrons. The van der Waals surface area contributed by atoms with Crippen LogP contribution in [0.4, 0.5) is 0 Å². The first kappa shape index (κ1) is 14.8. The van der Waals surface area contributed by atoms with Gasteiger partial charge in [0.25, 0.3) is 0 Å². The first-order chi connectivity index (χ1) is 7.36. The molecule has 5 heteroatoms. The summed E-state index contributed by atoms with van der Waals surface area (Å²) in [5.41, 5.74) is 3.55. The van der Waals surface area contributed by atoms with Crippen LogP contribution in [0.2, 0.25) is 0 Å². The molecule has 2 aliphatic rings. The minimum Gasteiger partial charge on any atom is -0.317 e. The number of piperidine rings is 1. The monoisotopic (exact) mass is 277 g/mol. The van der Waals surface area contributed by atoms with Gasteiger partial charge in [-0.25, -0.2) is 0 Å². The molecule has 3 nitrogen and oxygen atoms in total. The van der Waals surface area contributed by atoms with Gasteiger partial charge in [0, 0.05) is 17.7 Å². The van der Waals surface area contributed by atoms with Crippen LogP contribution >= 0.6 is 24.8 Å². The Morgan fingerprint density at radius 3 is 2.65 bits per heavy atom. The van der Waals surface area contributed by atoms with Crippen molar-refractivity contribution < 1.29 is 0 Å². The van der Waals surface area contributed by atoms with Gasteiger partial charge in [-0.2, -0.15) is 5.10 Å². The van der Waals surface area contributed by atoms with Crippen LogP contribution in [0, 0.1) is 0 Å². The fourth-order valence-electron chi connectivity index (χ4n) is 3.31. The Bertz CT molecular complexity index is 370. The highest BCUT2D eigenvalue weighted by molar-refractivity contribution is 5.85. The highest BCUT2D eigenvalue weighted by Gasteiger charge is 2.41. The van der Waals surface area contributed by atoms with E-state index in [4.69, 9.17) is 0 Å². The van der Waals surface area contributed by atoms with Gasteiger partial charge in [-0.3, -0.25) is 4.68 Å². The van der Waals surface area contributed by atoms with E-state index in [1.54, 1.807) is 5.56 Å². The van der Waals surface area contributed by atoms with Gasteiger partial charge in [0.05, 0.1) is 6.20 Å². The van der Waals surface area contributed by atoms with Crippen molar-refractivity contribution in [3.8, 4) is 0 Å². The van der Waals surface area contributed by atoms with Gasteiger partial charge < -0.3 is 5.32 Å². The summed E-state index contributed by atoms with van der Waals surface area (Å²) in [6.45, 7) is 5.55. The van der Waals surface area contributed by atoms with Crippen LogP contribution in [-0.4, -0.2) is 22.9 Å². The maximum atomic E-state index is 4.50. The largest absolute Gasteiger partial charge is 0.317 e. The summed E-state index contributed by atoms with van der Waals surface area (Å²) in [6, 6.07) is 0. The van der Waals surface area contributed by atoms with Gasteiger partial charge >= 0.3 is 0 Å². The highest BCUT2D eigenvalue weighted by atomic mass is 35.5. The molecular weight excluding hydrogens is 257 g/mol. The van der Waals surface area contributed by atoms with Gasteiger partial charge in [-0.15, -0.1) is 24.8 Å². The van der Waals surface area contributed by atoms with Crippen molar-refractivity contribution in [3.63, 3.8) is 0 Å². The van der Waals surface area contributed by atoms with E-state index in [1.165, 1.54) is 44.5 Å². The molecule has 98 valence electrons. The maximum absolute atomic E-state index is 4.50. The number of halogens is 2. The zero-order valence-electron chi connectivity index (χ0n) is 10.2. The first-order valence-corrected chi connectivity index (χ1v) is 6.12. The second-order valence-corrected chi connectivity index (χ2v) is 4.85. The lowest BCUT2D eigenvalue weighted by Gasteiger charge is -2.33. The molecule has 1 saturated heterocycles. The maximum Gasteiger partial charge on any atom is 0.0530 e. The molecule has 0 saturated carbocycles. The SMILES string of the molecule is CCn1ncc2c1CCC21CCNCC1.Cl.Cl. The predicted molar refractivity (Wildman–Crippen MR) is 74.5 cm³/mol. The van der Waals surface area contributed by atoms with Crippen molar-refractivity contribution in [2.24, 2.45) is 0 Å². The minimum absolute atomic E-state index is 0. The van der Waals surface area contributed by atoms with Crippen LogP contribution in [-0.2, 0) is 18.4 Å². The Hall–Kier alpha value is -0.250. The lowest BCUT2D eigenvalue weighted by Crippen LogP contribution is -2.38. The topological polar surface area (TPSA) is 29.9 Å². The zero-order chi connectivity index (χ0) is 10.3. The molecule has 1 spiro atoms. The van der Waals surface area contributed by atoms with E-state index in [-0.39, 0.29) is 24.8 Å². The van der Waals surface area contributed by atoms with Gasteiger partial charge in [-0.05, 0) is 51.3 Å². The Balaban J connectivity index is 0.000000722. The summed E-state index contributed by atoms with van der Waals surface area (Å²) in [5.74, 6) is 0. The number of aryl methyl sites for hydroxylation is 1. The van der Waals surface area contributed by atoms with Crippen LogP contribution in [0.25, 0.3) is 0 Å². The van der Waals surface area contributed by atoms with E-state index >= 15 is 0 Å². The van der Waals surface area contributed by atoms with Crippen molar-refractivity contribution >= 4 is 24.8 Å². The Morgan fingerprint density at radius 1 is 1.29 bits per heavy atom. The molecule has 17 heavy (non-hydrogen) atoms. The third-order valence-electron chi connectivity index (χ3n) is 4.22. The molecular formula is C12H21Cl2N3. The third kappa shape index (κ3) is 2.20. The molecule has 1 aromatic heterocycles. The van der Waals surface area contributed by atoms with Crippen LogP contribution in [0.1, 0.15) is 37.4 Å². The van der Waals surface area contributed by atoms with E-state index in [9.17, 15) is 0 Å². The fourth-order valence-corrected chi connectivity index (χ4v) is 3.31. The van der Waals surface area contributed by atoms with E-state index < -0.39 is 0 Å². The quantitative estimate of drug-likeness (QED) is 0.854. The van der Waals surface area contributed by atoms with E-state index in [1.807, 2.05) is 0 Å². The molecule has 2 heterocycles. The molecule has 0 atom stereocenters. The number of fused-ring (bicyclic) bond motifs is 2. The molecule has 1 aromatic rings. The van der Waals surface area contributed by atoms with Crippen LogP contribution in [0.5, 0.6) is 0 Å². The van der Waals surface area contributed by atoms with Gasteiger partial charge in [0.15, 0.2) is 0 Å². The van der Waals surface area contributed by atoms with Crippen LogP contribution in [0.15, 0.2) is 6.20 Å². The molecule has 0 aromatic carbocycles. The summed E-state index contributed by atoms with van der Waals surface area (Å²) >= 11 is 0. The second kappa shape index (κ2) is 5.59. The zero-order valence-corrected chi connectivity index (χ0v) is 11.9. The number of nitrogens with zero attached hydrogens (tertiary/aromatic N) is 2. The summed E-state index contributed by atoms with van der Waals surface area (Å²) in [5, 5.41) is 7.96. The molecule has 1 fully saturated rings. The van der Waals surface area contributed by atoms with Gasteiger partial charge in [0.1, 0.15) is 0 Å². The molecule has 1 aliphatic carbocycles. The van der Waals surface area contributed by atoms with E-state index in [0.717, 1.165) is 6.54 Å². The fraction of sp³-hybridized carbons (Fsp3) is 0.750. The summed E-state index contributed by atoms with van der Waals surface area (Å²) in [4.78, 5) is 0. The number of nitrogens with one attached hydrogen (secondary N) is 1. The molecule has 1 N–H and O–H groups in total. The van der Waals surface area contributed by atoms with Gasteiger partial charge in [-0.1, -0.05) is 0 Å². The standard InChI is InChI=1S/C12H19N3.2ClH/c1-2-15-11-3-4-12(10(11)9-14-15)5-7-13-8-6-12;;/h9,13H,2-8H2,1H3;2*1H. The number of hydrogen-bond acceptors (Lipinski definition) is 2. The summed E-state index contributed by atoms with van der Waals surface area (Å²) in [6.07, 6.45) is 7.33. The van der Waals surface area contributed by atoms with E-state index in [0.29, 0.717) is 5.41 Å². The third-order valence-corrected chi connectivity index (χ3v) is 4.22. The molecule has 0 unspecified atom stereocenters. The second-order valence-electron chi connectivity index (χ2n) is 4.85. The Labute approximate surface area is 115 Å². The molecule has 0 amide bonds. The van der Waals surface area contributed by atoms with Gasteiger partial charge in [0.2, 0.25) is 0 Å². The summed E-state index contributed by atoms with van der Waals surface area (Å²) < 4.78 is 2.19. The smallest absolute Gasteiger partial charge is 0.0530 e. The molecule has 0 bridgehead atoms. The van der Waals surface area contributed by atoms with Crippen molar-refractivity contribution in [1.29, 1.82) is 0 Å². The van der Waals surface area contributed by atoms with E-state index in [2.05, 4.69) is 28.2 Å². The average molecular weight is 278 g/mol. The minimum atomic E-state index is 0. The number of aromatic nitrogens is 2. The Morgan fingerprint density at radius 2 is 2.00 bits per heavy atom. The first-order valence-electron chi connectivity index (χ1n) is 6.12. The summed E-state index contributed by atoms with van der Waals surface area (Å²) in [7, 11) is 0. The van der Waals surface area contributed by atoms with Crippen molar-refractivity contribution in [3.05, 3.63) is 17.5 Å². The average Bonchev–Trinajstić information content (AvgIpc) is 2.83. The predicted octanol–water partition coefficient (Wildman–Crippen LogP) is 2.31. The number of hydrogen-bond donors (Lipinski definition) is 1. The van der Waals surface area contributed by atoms with Crippen molar-refractivity contribution in [2.45, 2.75) is 44.6 Å².